The first-order valence-electron chi connectivity index (χ1n) is 5.56. The number of nitrogens with zero attached hydrogens (tertiary/aromatic N) is 3. The highest BCUT2D eigenvalue weighted by atomic mass is 15.2. The summed E-state index contributed by atoms with van der Waals surface area (Å²) in [6, 6.07) is 12.1. The first-order valence-corrected chi connectivity index (χ1v) is 5.56. The van der Waals surface area contributed by atoms with E-state index in [2.05, 4.69) is 22.1 Å². The third-order valence-corrected chi connectivity index (χ3v) is 2.51. The van der Waals surface area contributed by atoms with Crippen molar-refractivity contribution in [2.24, 2.45) is 5.73 Å². The molecule has 4 nitrogen and oxygen atoms in total. The Kier molecular flexibility index (Phi) is 3.67. The first-order chi connectivity index (χ1) is 8.29. The Bertz CT molecular complexity index is 470. The summed E-state index contributed by atoms with van der Waals surface area (Å²) in [5.41, 5.74) is 7.65. The predicted octanol–water partition coefficient (Wildman–Crippen LogP) is 1.57. The second-order valence-corrected chi connectivity index (χ2v) is 3.89. The van der Waals surface area contributed by atoms with E-state index in [1.54, 1.807) is 6.20 Å². The number of benzene rings is 1. The summed E-state index contributed by atoms with van der Waals surface area (Å²) in [6.45, 7) is 1.23. The second kappa shape index (κ2) is 5.41. The van der Waals surface area contributed by atoms with Crippen molar-refractivity contribution in [2.75, 3.05) is 11.9 Å². The van der Waals surface area contributed by atoms with Crippen molar-refractivity contribution in [2.45, 2.75) is 13.1 Å². The molecular formula is C13H16N4. The van der Waals surface area contributed by atoms with E-state index >= 15 is 0 Å². The van der Waals surface area contributed by atoms with Gasteiger partial charge in [0, 0.05) is 26.3 Å². The number of hydrogen-bond acceptors (Lipinski definition) is 4. The standard InChI is InChI=1S/C13H16N4/c1-17(10-11-5-3-2-4-6-11)13-15-8-7-12(9-14)16-13/h2-8H,9-10,14H2,1H3. The summed E-state index contributed by atoms with van der Waals surface area (Å²) >= 11 is 0. The van der Waals surface area contributed by atoms with Gasteiger partial charge in [-0.15, -0.1) is 0 Å². The van der Waals surface area contributed by atoms with Crippen LogP contribution in [0.3, 0.4) is 0 Å². The largest absolute Gasteiger partial charge is 0.340 e. The van der Waals surface area contributed by atoms with Crippen molar-refractivity contribution < 1.29 is 0 Å². The molecule has 1 heterocycles. The molecule has 2 N–H and O–H groups in total. The third-order valence-electron chi connectivity index (χ3n) is 2.51. The van der Waals surface area contributed by atoms with Gasteiger partial charge in [-0.2, -0.15) is 0 Å². The fourth-order valence-electron chi connectivity index (χ4n) is 1.61. The topological polar surface area (TPSA) is 55.0 Å². The van der Waals surface area contributed by atoms with Crippen LogP contribution in [0, 0.1) is 0 Å². The van der Waals surface area contributed by atoms with Crippen LogP contribution in [-0.4, -0.2) is 17.0 Å². The summed E-state index contributed by atoms with van der Waals surface area (Å²) in [5.74, 6) is 0.705. The maximum atomic E-state index is 5.56. The zero-order chi connectivity index (χ0) is 12.1. The highest BCUT2D eigenvalue weighted by Crippen LogP contribution is 2.10. The Labute approximate surface area is 101 Å². The van der Waals surface area contributed by atoms with E-state index in [0.29, 0.717) is 12.5 Å². The maximum absolute atomic E-state index is 5.56. The van der Waals surface area contributed by atoms with Gasteiger partial charge in [-0.1, -0.05) is 30.3 Å². The van der Waals surface area contributed by atoms with Crippen LogP contribution in [0.15, 0.2) is 42.6 Å². The second-order valence-electron chi connectivity index (χ2n) is 3.89. The van der Waals surface area contributed by atoms with Gasteiger partial charge in [0.25, 0.3) is 0 Å². The average molecular weight is 228 g/mol. The molecule has 1 aromatic heterocycles. The molecular weight excluding hydrogens is 212 g/mol. The molecule has 0 atom stereocenters. The molecule has 0 saturated heterocycles. The Hall–Kier alpha value is -1.94. The van der Waals surface area contributed by atoms with E-state index in [1.807, 2.05) is 36.2 Å². The number of aromatic nitrogens is 2. The Morgan fingerprint density at radius 2 is 1.94 bits per heavy atom. The molecule has 2 rings (SSSR count). The van der Waals surface area contributed by atoms with Crippen molar-refractivity contribution in [3.63, 3.8) is 0 Å². The molecule has 2 aromatic rings. The average Bonchev–Trinajstić information content (AvgIpc) is 2.40. The van der Waals surface area contributed by atoms with Gasteiger partial charge in [0.15, 0.2) is 0 Å². The van der Waals surface area contributed by atoms with E-state index in [-0.39, 0.29) is 0 Å². The summed E-state index contributed by atoms with van der Waals surface area (Å²) < 4.78 is 0. The van der Waals surface area contributed by atoms with Crippen LogP contribution < -0.4 is 10.6 Å². The molecule has 17 heavy (non-hydrogen) atoms. The zero-order valence-corrected chi connectivity index (χ0v) is 9.87. The van der Waals surface area contributed by atoms with E-state index < -0.39 is 0 Å². The highest BCUT2D eigenvalue weighted by molar-refractivity contribution is 5.31. The van der Waals surface area contributed by atoms with Crippen molar-refractivity contribution in [3.05, 3.63) is 53.9 Å². The number of nitrogens with two attached hydrogens (primary N) is 1. The van der Waals surface area contributed by atoms with Gasteiger partial charge in [0.05, 0.1) is 5.69 Å². The van der Waals surface area contributed by atoms with Gasteiger partial charge in [-0.25, -0.2) is 9.97 Å². The fourth-order valence-corrected chi connectivity index (χ4v) is 1.61. The SMILES string of the molecule is CN(Cc1ccccc1)c1nccc(CN)n1. The molecule has 88 valence electrons. The van der Waals surface area contributed by atoms with Gasteiger partial charge in [0.2, 0.25) is 5.95 Å². The number of hydrogen-bond donors (Lipinski definition) is 1. The third kappa shape index (κ3) is 3.01. The van der Waals surface area contributed by atoms with Gasteiger partial charge in [0.1, 0.15) is 0 Å². The summed E-state index contributed by atoms with van der Waals surface area (Å²) in [5, 5.41) is 0. The minimum atomic E-state index is 0.439. The zero-order valence-electron chi connectivity index (χ0n) is 9.87. The van der Waals surface area contributed by atoms with Crippen molar-refractivity contribution in [3.8, 4) is 0 Å². The molecule has 0 aliphatic rings. The predicted molar refractivity (Wildman–Crippen MR) is 68.5 cm³/mol. The van der Waals surface area contributed by atoms with Crippen LogP contribution in [0.25, 0.3) is 0 Å². The lowest BCUT2D eigenvalue weighted by Gasteiger charge is -2.17. The molecule has 0 saturated carbocycles. The Morgan fingerprint density at radius 3 is 2.65 bits per heavy atom. The van der Waals surface area contributed by atoms with Crippen LogP contribution in [0.1, 0.15) is 11.3 Å². The lowest BCUT2D eigenvalue weighted by Crippen LogP contribution is -2.19. The van der Waals surface area contributed by atoms with Gasteiger partial charge < -0.3 is 10.6 Å². The molecule has 0 bridgehead atoms. The van der Waals surface area contributed by atoms with Crippen LogP contribution in [-0.2, 0) is 13.1 Å². The van der Waals surface area contributed by atoms with Gasteiger partial charge >= 0.3 is 0 Å². The fraction of sp³-hybridized carbons (Fsp3) is 0.231. The van der Waals surface area contributed by atoms with Crippen molar-refractivity contribution >= 4 is 5.95 Å². The van der Waals surface area contributed by atoms with Crippen LogP contribution in [0.4, 0.5) is 5.95 Å². The Balaban J connectivity index is 2.11. The molecule has 0 radical (unpaired) electrons. The van der Waals surface area contributed by atoms with Crippen LogP contribution in [0.5, 0.6) is 0 Å². The lowest BCUT2D eigenvalue weighted by molar-refractivity contribution is 0.845. The first kappa shape index (κ1) is 11.5. The van der Waals surface area contributed by atoms with Crippen molar-refractivity contribution in [1.82, 2.24) is 9.97 Å². The van der Waals surface area contributed by atoms with E-state index in [9.17, 15) is 0 Å². The maximum Gasteiger partial charge on any atom is 0.225 e. The normalized spacial score (nSPS) is 10.2. The van der Waals surface area contributed by atoms with E-state index in [0.717, 1.165) is 12.2 Å². The number of anilines is 1. The number of rotatable bonds is 4. The molecule has 0 unspecified atom stereocenters. The minimum absolute atomic E-state index is 0.439. The van der Waals surface area contributed by atoms with Crippen molar-refractivity contribution in [1.29, 1.82) is 0 Å². The summed E-state index contributed by atoms with van der Waals surface area (Å²) in [7, 11) is 1.97. The summed E-state index contributed by atoms with van der Waals surface area (Å²) in [6.07, 6.45) is 1.74. The molecule has 0 spiro atoms. The molecule has 1 aromatic carbocycles. The lowest BCUT2D eigenvalue weighted by atomic mass is 10.2. The monoisotopic (exact) mass is 228 g/mol. The molecule has 0 aliphatic carbocycles. The molecule has 0 aliphatic heterocycles. The molecule has 4 heteroatoms. The minimum Gasteiger partial charge on any atom is -0.340 e. The van der Waals surface area contributed by atoms with Crippen LogP contribution >= 0.6 is 0 Å². The molecule has 0 fully saturated rings. The highest BCUT2D eigenvalue weighted by Gasteiger charge is 2.05. The smallest absolute Gasteiger partial charge is 0.225 e. The Morgan fingerprint density at radius 1 is 1.18 bits per heavy atom. The van der Waals surface area contributed by atoms with Gasteiger partial charge in [-0.3, -0.25) is 0 Å². The van der Waals surface area contributed by atoms with E-state index in [1.165, 1.54) is 5.56 Å². The van der Waals surface area contributed by atoms with Crippen LogP contribution in [0.2, 0.25) is 0 Å². The molecule has 0 amide bonds. The summed E-state index contributed by atoms with van der Waals surface area (Å²) in [4.78, 5) is 10.6. The van der Waals surface area contributed by atoms with Gasteiger partial charge in [-0.05, 0) is 11.6 Å². The van der Waals surface area contributed by atoms with E-state index in [4.69, 9.17) is 5.73 Å². The quantitative estimate of drug-likeness (QED) is 0.863.